The Morgan fingerprint density at radius 2 is 0.857 bits per heavy atom. The molecule has 0 aromatic heterocycles. The minimum absolute atomic E-state index is 0.0330. The van der Waals surface area contributed by atoms with Gasteiger partial charge in [0, 0.05) is 19.5 Å². The van der Waals surface area contributed by atoms with E-state index < -0.39 is 199 Å². The van der Waals surface area contributed by atoms with E-state index in [0.29, 0.717) is 38.6 Å². The molecule has 0 aromatic rings. The van der Waals surface area contributed by atoms with Gasteiger partial charge in [0.05, 0.1) is 24.9 Å². The highest BCUT2D eigenvalue weighted by atomic mass is 16.4. The molecule has 2 saturated heterocycles. The number of carboxylic acid groups (broad SMARTS) is 1. The van der Waals surface area contributed by atoms with E-state index in [9.17, 15) is 87.9 Å². The molecule has 0 radical (unpaired) electrons. The average Bonchev–Trinajstić information content (AvgIpc) is 1.94. The summed E-state index contributed by atoms with van der Waals surface area (Å²) in [4.78, 5) is 179. The normalized spacial score (nSPS) is 19.2. The molecule has 0 aliphatic carbocycles. The molecular formula is C58H103N15O18. The van der Waals surface area contributed by atoms with E-state index in [1.807, 2.05) is 0 Å². The molecule has 2 fully saturated rings. The maximum Gasteiger partial charge on any atom is 0.326 e. The van der Waals surface area contributed by atoms with Gasteiger partial charge in [-0.2, -0.15) is 0 Å². The van der Waals surface area contributed by atoms with Crippen molar-refractivity contribution in [3.63, 3.8) is 0 Å². The van der Waals surface area contributed by atoms with Crippen LogP contribution in [0.5, 0.6) is 0 Å². The number of aliphatic hydroxyl groups is 4. The number of rotatable bonds is 40. The number of hydrogen-bond acceptors (Lipinski definition) is 20. The molecule has 2 aliphatic rings. The second-order valence-electron chi connectivity index (χ2n) is 24.6. The highest BCUT2D eigenvalue weighted by Gasteiger charge is 2.44. The van der Waals surface area contributed by atoms with Crippen molar-refractivity contribution in [2.24, 2.45) is 40.7 Å². The van der Waals surface area contributed by atoms with E-state index in [1.165, 1.54) is 32.6 Å². The van der Waals surface area contributed by atoms with Crippen LogP contribution in [0.4, 0.5) is 0 Å². The maximum atomic E-state index is 14.5. The summed E-state index contributed by atoms with van der Waals surface area (Å²) in [6, 6.07) is -17.3. The Morgan fingerprint density at radius 1 is 0.462 bits per heavy atom. The monoisotopic (exact) mass is 1300 g/mol. The lowest BCUT2D eigenvalue weighted by molar-refractivity contribution is -0.146. The predicted octanol–water partition coefficient (Wildman–Crippen LogP) is -6.24. The fourth-order valence-electron chi connectivity index (χ4n) is 10.3. The third kappa shape index (κ3) is 25.4. The number of hydrogen-bond donors (Lipinski definition) is 18. The Labute approximate surface area is 530 Å². The number of amides is 12. The molecule has 0 saturated carbocycles. The quantitative estimate of drug-likeness (QED) is 0.0254. The molecule has 518 valence electrons. The predicted molar refractivity (Wildman–Crippen MR) is 328 cm³/mol. The van der Waals surface area contributed by atoms with E-state index in [-0.39, 0.29) is 64.1 Å². The van der Waals surface area contributed by atoms with E-state index in [1.54, 1.807) is 27.7 Å². The molecule has 2 rings (SSSR count). The zero-order valence-electron chi connectivity index (χ0n) is 53.9. The first kappa shape index (κ1) is 79.9. The standard InChI is InChI=1S/C58H103N15O18/c1-28(2)26-37(58(90)91)66-55(87)45(32(8)76)70-52(84)40-19-15-25-73(40)57(89)46(33(9)77)71-50(82)38(27-74)67-54(86)43(29(3)4)68-49(81)36(20-21-41(61)78)64-51(83)39-18-14-24-72(39)56(88)44(30(5)6)69-48(80)35(17-11-13-23-60)63-47(79)34(16-10-12-22-59)65-53(85)42(62)31(7)75/h28-40,42-46,74-77H,10-27,59-60,62H2,1-9H3,(H2,61,78)(H,63,79)(H,64,83)(H,65,85)(H,66,87)(H,67,86)(H,68,81)(H,69,80)(H,70,84)(H,71,82)(H,90,91)/t31-,32-,33-,34+,35+,36+,37+,38+,39+,40+,42+,43+,44+,45+,46+/m1/s1. The van der Waals surface area contributed by atoms with Gasteiger partial charge in [-0.1, -0.05) is 41.5 Å². The van der Waals surface area contributed by atoms with Crippen LogP contribution in [0.2, 0.25) is 0 Å². The summed E-state index contributed by atoms with van der Waals surface area (Å²) in [5, 5.41) is 73.6. The molecule has 33 heteroatoms. The zero-order chi connectivity index (χ0) is 69.1. The van der Waals surface area contributed by atoms with Crippen LogP contribution < -0.4 is 70.8 Å². The number of nitrogens with zero attached hydrogens (tertiary/aromatic N) is 2. The number of carbonyl (C=O) groups excluding carboxylic acids is 12. The first-order chi connectivity index (χ1) is 42.6. The van der Waals surface area contributed by atoms with Crippen molar-refractivity contribution in [3.8, 4) is 0 Å². The first-order valence-corrected chi connectivity index (χ1v) is 31.3. The Balaban J connectivity index is 2.32. The summed E-state index contributed by atoms with van der Waals surface area (Å²) >= 11 is 0. The van der Waals surface area contributed by atoms with Crippen LogP contribution in [-0.4, -0.2) is 236 Å². The molecular weight excluding hydrogens is 1190 g/mol. The van der Waals surface area contributed by atoms with E-state index >= 15 is 0 Å². The van der Waals surface area contributed by atoms with Crippen LogP contribution in [0.25, 0.3) is 0 Å². The lowest BCUT2D eigenvalue weighted by Gasteiger charge is -2.33. The van der Waals surface area contributed by atoms with Crippen molar-refractivity contribution in [2.45, 2.75) is 237 Å². The van der Waals surface area contributed by atoms with Gasteiger partial charge in [-0.25, -0.2) is 4.79 Å². The van der Waals surface area contributed by atoms with E-state index in [4.69, 9.17) is 22.9 Å². The molecule has 22 N–H and O–H groups in total. The molecule has 12 amide bonds. The molecule has 15 atom stereocenters. The van der Waals surface area contributed by atoms with Crippen molar-refractivity contribution in [2.75, 3.05) is 32.8 Å². The van der Waals surface area contributed by atoms with Crippen LogP contribution in [0.3, 0.4) is 0 Å². The number of carboxylic acids is 1. The van der Waals surface area contributed by atoms with Gasteiger partial charge in [0.2, 0.25) is 70.9 Å². The van der Waals surface area contributed by atoms with Crippen molar-refractivity contribution < 1.29 is 87.9 Å². The molecule has 2 heterocycles. The molecule has 91 heavy (non-hydrogen) atoms. The third-order valence-electron chi connectivity index (χ3n) is 15.7. The van der Waals surface area contributed by atoms with Gasteiger partial charge in [-0.3, -0.25) is 57.5 Å². The first-order valence-electron chi connectivity index (χ1n) is 31.3. The number of primary amides is 1. The number of unbranched alkanes of at least 4 members (excludes halogenated alkanes) is 2. The zero-order valence-corrected chi connectivity index (χ0v) is 53.9. The number of nitrogens with one attached hydrogen (secondary N) is 9. The molecule has 33 nitrogen and oxygen atoms in total. The summed E-state index contributed by atoms with van der Waals surface area (Å²) in [5.41, 5.74) is 22.7. The lowest BCUT2D eigenvalue weighted by atomic mass is 10.00. The largest absolute Gasteiger partial charge is 0.480 e. The minimum Gasteiger partial charge on any atom is -0.480 e. The minimum atomic E-state index is -1.84. The number of nitrogens with two attached hydrogens (primary N) is 4. The lowest BCUT2D eigenvalue weighted by Crippen LogP contribution is -2.63. The number of carbonyl (C=O) groups is 13. The van der Waals surface area contributed by atoms with E-state index in [0.717, 1.165) is 11.8 Å². The fraction of sp³-hybridized carbons (Fsp3) is 0.776. The Hall–Kier alpha value is -7.17. The van der Waals surface area contributed by atoms with Crippen molar-refractivity contribution in [3.05, 3.63) is 0 Å². The smallest absolute Gasteiger partial charge is 0.326 e. The van der Waals surface area contributed by atoms with Crippen molar-refractivity contribution in [1.29, 1.82) is 0 Å². The summed E-state index contributed by atoms with van der Waals surface area (Å²) in [6.45, 7) is 12.9. The second kappa shape index (κ2) is 39.3. The topological polar surface area (TPSA) is 542 Å². The highest BCUT2D eigenvalue weighted by molar-refractivity contribution is 6.00. The molecule has 0 aromatic carbocycles. The highest BCUT2D eigenvalue weighted by Crippen LogP contribution is 2.23. The fourth-order valence-corrected chi connectivity index (χ4v) is 10.3. The molecule has 0 bridgehead atoms. The number of aliphatic carboxylic acids is 1. The van der Waals surface area contributed by atoms with Gasteiger partial charge in [-0.05, 0) is 129 Å². The van der Waals surface area contributed by atoms with Gasteiger partial charge < -0.3 is 106 Å². The summed E-state index contributed by atoms with van der Waals surface area (Å²) in [5.74, 6) is -13.7. The Kier molecular flexibility index (Phi) is 34.5. The van der Waals surface area contributed by atoms with Crippen LogP contribution in [-0.2, 0) is 62.3 Å². The number of aliphatic hydroxyl groups excluding tert-OH is 4. The van der Waals surface area contributed by atoms with Crippen LogP contribution in [0.15, 0.2) is 0 Å². The summed E-state index contributed by atoms with van der Waals surface area (Å²) < 4.78 is 0. The SMILES string of the molecule is CC(C)C[C@H](NC(=O)[C@@H](NC(=O)[C@@H]1CCCN1C(=O)[C@@H](NC(=O)[C@H](CO)NC(=O)[C@@H](NC(=O)[C@H](CCC(N)=O)NC(=O)[C@@H]1CCCN1C(=O)[C@@H](NC(=O)[C@H](CCCCN)NC(=O)[C@H](CCCCN)NC(=O)[C@@H](N)[C@@H](C)O)C(C)C)C(C)C)[C@@H](C)O)[C@@H](C)O)C(=O)O. The third-order valence-corrected chi connectivity index (χ3v) is 15.7. The molecule has 0 spiro atoms. The summed E-state index contributed by atoms with van der Waals surface area (Å²) in [7, 11) is 0. The van der Waals surface area contributed by atoms with Crippen LogP contribution in [0, 0.1) is 17.8 Å². The molecule has 2 aliphatic heterocycles. The van der Waals surface area contributed by atoms with Gasteiger partial charge >= 0.3 is 5.97 Å². The van der Waals surface area contributed by atoms with Gasteiger partial charge in [0.1, 0.15) is 72.5 Å². The average molecular weight is 1300 g/mol. The Morgan fingerprint density at radius 3 is 1.29 bits per heavy atom. The second-order valence-corrected chi connectivity index (χ2v) is 24.6. The van der Waals surface area contributed by atoms with Gasteiger partial charge in [-0.15, -0.1) is 0 Å². The van der Waals surface area contributed by atoms with Gasteiger partial charge in [0.15, 0.2) is 0 Å². The van der Waals surface area contributed by atoms with Crippen LogP contribution in [0.1, 0.15) is 146 Å². The molecule has 0 unspecified atom stereocenters. The van der Waals surface area contributed by atoms with Crippen molar-refractivity contribution in [1.82, 2.24) is 57.7 Å². The number of likely N-dealkylation sites (tertiary alicyclic amines) is 2. The van der Waals surface area contributed by atoms with Crippen LogP contribution >= 0.6 is 0 Å². The Bertz CT molecular complexity index is 2490. The summed E-state index contributed by atoms with van der Waals surface area (Å²) in [6.07, 6.45) is -2.61. The maximum absolute atomic E-state index is 14.5. The van der Waals surface area contributed by atoms with Crippen molar-refractivity contribution >= 4 is 76.9 Å². The van der Waals surface area contributed by atoms with Gasteiger partial charge in [0.25, 0.3) is 0 Å². The van der Waals surface area contributed by atoms with E-state index in [2.05, 4.69) is 47.9 Å².